The molecule has 198 valence electrons. The Kier molecular flexibility index (Phi) is 8.65. The van der Waals surface area contributed by atoms with Crippen LogP contribution in [0.15, 0.2) is 97.1 Å². The average molecular weight is 606 g/mol. The molecule has 4 aromatic carbocycles. The van der Waals surface area contributed by atoms with Crippen molar-refractivity contribution in [3.05, 3.63) is 128 Å². The summed E-state index contributed by atoms with van der Waals surface area (Å²) in [5, 5.41) is 13.6. The van der Waals surface area contributed by atoms with E-state index in [4.69, 9.17) is 46.4 Å². The second kappa shape index (κ2) is 12.3. The van der Waals surface area contributed by atoms with Crippen LogP contribution in [0.2, 0.25) is 20.1 Å². The number of pyridine rings is 2. The summed E-state index contributed by atoms with van der Waals surface area (Å²) < 4.78 is 0. The van der Waals surface area contributed by atoms with Crippen molar-refractivity contribution in [3.63, 3.8) is 0 Å². The van der Waals surface area contributed by atoms with Crippen molar-refractivity contribution in [2.24, 2.45) is 0 Å². The maximum absolute atomic E-state index is 11.3. The molecule has 40 heavy (non-hydrogen) atoms. The molecule has 8 heteroatoms. The van der Waals surface area contributed by atoms with E-state index in [1.54, 1.807) is 30.3 Å². The van der Waals surface area contributed by atoms with E-state index in [1.807, 2.05) is 66.7 Å². The molecule has 0 spiro atoms. The van der Waals surface area contributed by atoms with Gasteiger partial charge in [0, 0.05) is 43.1 Å². The van der Waals surface area contributed by atoms with E-state index < -0.39 is 0 Å². The minimum atomic E-state index is -0.101. The fraction of sp³-hybridized carbons (Fsp3) is 0.0312. The number of aliphatic hydroxyl groups is 1. The minimum absolute atomic E-state index is 0.101. The van der Waals surface area contributed by atoms with Gasteiger partial charge in [0.15, 0.2) is 6.29 Å². The molecule has 4 nitrogen and oxygen atoms in total. The van der Waals surface area contributed by atoms with Gasteiger partial charge in [0.05, 0.1) is 39.1 Å². The third-order valence-corrected chi connectivity index (χ3v) is 7.53. The monoisotopic (exact) mass is 604 g/mol. The number of hydrogen-bond acceptors (Lipinski definition) is 4. The highest BCUT2D eigenvalue weighted by Crippen LogP contribution is 2.34. The van der Waals surface area contributed by atoms with Crippen LogP contribution < -0.4 is 0 Å². The van der Waals surface area contributed by atoms with Gasteiger partial charge in [-0.05, 0) is 36.4 Å². The van der Waals surface area contributed by atoms with Crippen molar-refractivity contribution in [1.29, 1.82) is 0 Å². The van der Waals surface area contributed by atoms with E-state index in [1.165, 1.54) is 0 Å². The van der Waals surface area contributed by atoms with E-state index >= 15 is 0 Å². The lowest BCUT2D eigenvalue weighted by Crippen LogP contribution is -1.95. The number of aliphatic hydroxyl groups excluding tert-OH is 1. The van der Waals surface area contributed by atoms with Crippen LogP contribution in [0.1, 0.15) is 15.9 Å². The van der Waals surface area contributed by atoms with Crippen LogP contribution in [-0.2, 0) is 6.61 Å². The molecule has 0 saturated carbocycles. The zero-order valence-electron chi connectivity index (χ0n) is 20.8. The SMILES string of the molecule is O=Cc1cc2cccc(Cl)c2nc1-c1ccccc1Cl.OCc1cc2cccc(Cl)c2nc1-c1ccccc1Cl. The van der Waals surface area contributed by atoms with E-state index in [9.17, 15) is 9.90 Å². The number of carbonyl (C=O) groups is 1. The molecular weight excluding hydrogens is 586 g/mol. The van der Waals surface area contributed by atoms with Crippen LogP contribution in [-0.4, -0.2) is 21.4 Å². The molecule has 0 aliphatic heterocycles. The Bertz CT molecular complexity index is 1870. The summed E-state index contributed by atoms with van der Waals surface area (Å²) in [7, 11) is 0. The predicted molar refractivity (Wildman–Crippen MR) is 166 cm³/mol. The Labute approximate surface area is 250 Å². The smallest absolute Gasteiger partial charge is 0.152 e. The fourth-order valence-corrected chi connectivity index (χ4v) is 5.25. The van der Waals surface area contributed by atoms with Crippen molar-refractivity contribution in [2.75, 3.05) is 0 Å². The Morgan fingerprint density at radius 1 is 0.600 bits per heavy atom. The van der Waals surface area contributed by atoms with E-state index in [2.05, 4.69) is 9.97 Å². The van der Waals surface area contributed by atoms with Gasteiger partial charge in [-0.25, -0.2) is 9.97 Å². The van der Waals surface area contributed by atoms with Gasteiger partial charge in [0.2, 0.25) is 0 Å². The normalized spacial score (nSPS) is 10.8. The molecule has 0 saturated heterocycles. The van der Waals surface area contributed by atoms with Gasteiger partial charge in [-0.15, -0.1) is 0 Å². The molecule has 6 aromatic rings. The first-order valence-electron chi connectivity index (χ1n) is 12.1. The van der Waals surface area contributed by atoms with Crippen molar-refractivity contribution < 1.29 is 9.90 Å². The summed E-state index contributed by atoms with van der Waals surface area (Å²) in [6, 6.07) is 29.5. The van der Waals surface area contributed by atoms with E-state index in [0.29, 0.717) is 48.1 Å². The van der Waals surface area contributed by atoms with Gasteiger partial charge < -0.3 is 5.11 Å². The molecule has 2 aromatic heterocycles. The minimum Gasteiger partial charge on any atom is -0.392 e. The molecule has 0 bridgehead atoms. The molecule has 2 heterocycles. The van der Waals surface area contributed by atoms with Crippen LogP contribution >= 0.6 is 46.4 Å². The molecular formula is C32H20Cl4N2O2. The molecule has 0 aliphatic rings. The second-order valence-corrected chi connectivity index (χ2v) is 10.4. The number of nitrogens with zero attached hydrogens (tertiary/aromatic N) is 2. The van der Waals surface area contributed by atoms with Gasteiger partial charge in [0.25, 0.3) is 0 Å². The molecule has 0 atom stereocenters. The number of para-hydroxylation sites is 2. The number of benzene rings is 4. The van der Waals surface area contributed by atoms with Gasteiger partial charge in [-0.2, -0.15) is 0 Å². The summed E-state index contributed by atoms with van der Waals surface area (Å²) in [5.41, 5.74) is 5.32. The molecule has 0 radical (unpaired) electrons. The van der Waals surface area contributed by atoms with Crippen LogP contribution in [0.3, 0.4) is 0 Å². The highest BCUT2D eigenvalue weighted by Gasteiger charge is 2.14. The van der Waals surface area contributed by atoms with Crippen molar-refractivity contribution in [2.45, 2.75) is 6.61 Å². The Morgan fingerprint density at radius 2 is 1.07 bits per heavy atom. The first kappa shape index (κ1) is 28.0. The van der Waals surface area contributed by atoms with E-state index in [-0.39, 0.29) is 6.61 Å². The zero-order chi connectivity index (χ0) is 28.2. The van der Waals surface area contributed by atoms with E-state index in [0.717, 1.165) is 33.7 Å². The van der Waals surface area contributed by atoms with Gasteiger partial charge >= 0.3 is 0 Å². The quantitative estimate of drug-likeness (QED) is 0.203. The first-order chi connectivity index (χ1) is 19.4. The number of aldehydes is 1. The number of carbonyl (C=O) groups excluding carboxylic acids is 1. The van der Waals surface area contributed by atoms with Gasteiger partial charge in [0.1, 0.15) is 0 Å². The third-order valence-electron chi connectivity index (χ3n) is 6.26. The third kappa shape index (κ3) is 5.68. The number of rotatable bonds is 4. The zero-order valence-corrected chi connectivity index (χ0v) is 23.8. The Balaban J connectivity index is 0.000000161. The maximum atomic E-state index is 11.3. The molecule has 0 unspecified atom stereocenters. The summed E-state index contributed by atoms with van der Waals surface area (Å²) in [6.07, 6.45) is 0.784. The van der Waals surface area contributed by atoms with Crippen molar-refractivity contribution >= 4 is 74.5 Å². The second-order valence-electron chi connectivity index (χ2n) is 8.78. The van der Waals surface area contributed by atoms with Gasteiger partial charge in [-0.1, -0.05) is 107 Å². The molecule has 6 rings (SSSR count). The number of fused-ring (bicyclic) bond motifs is 2. The number of aromatic nitrogens is 2. The largest absolute Gasteiger partial charge is 0.392 e. The van der Waals surface area contributed by atoms with Crippen LogP contribution in [0.25, 0.3) is 44.3 Å². The Morgan fingerprint density at radius 3 is 1.60 bits per heavy atom. The highest BCUT2D eigenvalue weighted by molar-refractivity contribution is 6.36. The lowest BCUT2D eigenvalue weighted by atomic mass is 10.0. The average Bonchev–Trinajstić information content (AvgIpc) is 2.97. The number of halogens is 4. The Hall–Kier alpha value is -3.51. The summed E-state index contributed by atoms with van der Waals surface area (Å²) in [5.74, 6) is 0. The maximum Gasteiger partial charge on any atom is 0.152 e. The number of hydrogen-bond donors (Lipinski definition) is 1. The molecule has 0 aliphatic carbocycles. The van der Waals surface area contributed by atoms with Crippen LogP contribution in [0.5, 0.6) is 0 Å². The summed E-state index contributed by atoms with van der Waals surface area (Å²) in [6.45, 7) is -0.101. The lowest BCUT2D eigenvalue weighted by molar-refractivity contribution is 0.112. The van der Waals surface area contributed by atoms with Crippen LogP contribution in [0.4, 0.5) is 0 Å². The predicted octanol–water partition coefficient (Wildman–Crippen LogP) is 9.72. The standard InChI is InChI=1S/C16H11Cl2NO.C16H9Cl2NO/c2*17-13-6-2-1-5-12(13)15-11(9-20)8-10-4-3-7-14(18)16(10)19-15/h1-8,20H,9H2;1-9H. The van der Waals surface area contributed by atoms with Gasteiger partial charge in [-0.3, -0.25) is 4.79 Å². The molecule has 1 N–H and O–H groups in total. The summed E-state index contributed by atoms with van der Waals surface area (Å²) >= 11 is 24.8. The van der Waals surface area contributed by atoms with Crippen molar-refractivity contribution in [3.8, 4) is 22.5 Å². The topological polar surface area (TPSA) is 63.1 Å². The summed E-state index contributed by atoms with van der Waals surface area (Å²) in [4.78, 5) is 20.5. The van der Waals surface area contributed by atoms with Crippen molar-refractivity contribution in [1.82, 2.24) is 9.97 Å². The highest BCUT2D eigenvalue weighted by atomic mass is 35.5. The molecule has 0 fully saturated rings. The fourth-order valence-electron chi connectivity index (χ4n) is 4.35. The van der Waals surface area contributed by atoms with Crippen LogP contribution in [0, 0.1) is 0 Å². The lowest BCUT2D eigenvalue weighted by Gasteiger charge is -2.11. The first-order valence-corrected chi connectivity index (χ1v) is 13.7. The molecule has 0 amide bonds.